The molecule has 0 saturated heterocycles. The molecular weight excluding hydrogens is 874 g/mol. The SMILES string of the molecule is N#Cc1cc(-n2c3ccccc3c3ccc(-c4cccc(-c5ccccc5)n4)cc32)c(-n2c3ccccc3c3ccc(-c4cccc(-c5ccccc5)n4)cc32)cc1-c1c(F)c(F)c(F)c(F)c1F. The molecule has 4 aromatic heterocycles. The van der Waals surface area contributed by atoms with Crippen molar-refractivity contribution in [3.8, 4) is 73.6 Å². The number of rotatable bonds is 7. The Balaban J connectivity index is 1.18. The lowest BCUT2D eigenvalue weighted by atomic mass is 9.96. The fourth-order valence-electron chi connectivity index (χ4n) is 9.58. The van der Waals surface area contributed by atoms with E-state index in [9.17, 15) is 9.65 Å². The van der Waals surface area contributed by atoms with Crippen molar-refractivity contribution in [3.63, 3.8) is 0 Å². The van der Waals surface area contributed by atoms with E-state index in [1.54, 1.807) is 0 Å². The second-order valence-corrected chi connectivity index (χ2v) is 16.7. The maximum atomic E-state index is 16.1. The third-order valence-electron chi connectivity index (χ3n) is 12.8. The van der Waals surface area contributed by atoms with Crippen LogP contribution in [0.5, 0.6) is 0 Å². The summed E-state index contributed by atoms with van der Waals surface area (Å²) in [6.07, 6.45) is 0. The van der Waals surface area contributed by atoms with Gasteiger partial charge in [0.25, 0.3) is 0 Å². The van der Waals surface area contributed by atoms with Crippen molar-refractivity contribution in [1.82, 2.24) is 19.1 Å². The van der Waals surface area contributed by atoms with Crippen molar-refractivity contribution in [2.45, 2.75) is 0 Å². The molecule has 328 valence electrons. The van der Waals surface area contributed by atoms with Gasteiger partial charge in [0.1, 0.15) is 0 Å². The Hall–Kier alpha value is -9.20. The molecule has 12 aromatic rings. The lowest BCUT2D eigenvalue weighted by Crippen LogP contribution is -2.08. The third-order valence-corrected chi connectivity index (χ3v) is 12.8. The predicted octanol–water partition coefficient (Wildman–Crippen LogP) is 15.6. The van der Waals surface area contributed by atoms with Crippen molar-refractivity contribution in [3.05, 3.63) is 229 Å². The Kier molecular flexibility index (Phi) is 9.74. The van der Waals surface area contributed by atoms with Gasteiger partial charge in [-0.3, -0.25) is 0 Å². The summed E-state index contributed by atoms with van der Waals surface area (Å²) in [5.74, 6) is -10.6. The molecular formula is C59H32F5N5. The number of aromatic nitrogens is 4. The Morgan fingerprint density at radius 1 is 0.348 bits per heavy atom. The van der Waals surface area contributed by atoms with Crippen LogP contribution in [-0.4, -0.2) is 19.1 Å². The van der Waals surface area contributed by atoms with E-state index in [-0.39, 0.29) is 5.56 Å². The zero-order valence-corrected chi connectivity index (χ0v) is 36.1. The first-order valence-electron chi connectivity index (χ1n) is 22.0. The summed E-state index contributed by atoms with van der Waals surface area (Å²) in [5.41, 5.74) is 7.80. The fraction of sp³-hybridized carbons (Fsp3) is 0. The average molecular weight is 906 g/mol. The van der Waals surface area contributed by atoms with Gasteiger partial charge in [-0.1, -0.05) is 133 Å². The number of hydrogen-bond donors (Lipinski definition) is 0. The van der Waals surface area contributed by atoms with Crippen LogP contribution >= 0.6 is 0 Å². The van der Waals surface area contributed by atoms with Gasteiger partial charge in [-0.25, -0.2) is 31.9 Å². The second kappa shape index (κ2) is 16.3. The van der Waals surface area contributed by atoms with Gasteiger partial charge in [0.05, 0.1) is 73.4 Å². The number of halogens is 5. The fourth-order valence-corrected chi connectivity index (χ4v) is 9.58. The molecule has 0 amide bonds. The van der Waals surface area contributed by atoms with Crippen LogP contribution in [0, 0.1) is 40.4 Å². The van der Waals surface area contributed by atoms with E-state index in [2.05, 4.69) is 0 Å². The molecule has 8 aromatic carbocycles. The summed E-state index contributed by atoms with van der Waals surface area (Å²) in [7, 11) is 0. The molecule has 0 radical (unpaired) electrons. The van der Waals surface area contributed by atoms with Crippen molar-refractivity contribution < 1.29 is 22.0 Å². The highest BCUT2D eigenvalue weighted by Crippen LogP contribution is 2.44. The smallest absolute Gasteiger partial charge is 0.200 e. The summed E-state index contributed by atoms with van der Waals surface area (Å²) in [6, 6.07) is 63.4. The van der Waals surface area contributed by atoms with Gasteiger partial charge in [-0.2, -0.15) is 5.26 Å². The monoisotopic (exact) mass is 905 g/mol. The van der Waals surface area contributed by atoms with E-state index < -0.39 is 40.2 Å². The van der Waals surface area contributed by atoms with Gasteiger partial charge < -0.3 is 9.13 Å². The molecule has 5 nitrogen and oxygen atoms in total. The van der Waals surface area contributed by atoms with E-state index >= 15 is 17.6 Å². The van der Waals surface area contributed by atoms with Gasteiger partial charge >= 0.3 is 0 Å². The second-order valence-electron chi connectivity index (χ2n) is 16.7. The van der Waals surface area contributed by atoms with Crippen molar-refractivity contribution in [2.24, 2.45) is 0 Å². The first-order valence-corrected chi connectivity index (χ1v) is 22.0. The molecule has 69 heavy (non-hydrogen) atoms. The first kappa shape index (κ1) is 41.2. The molecule has 0 aliphatic heterocycles. The summed E-state index contributed by atoms with van der Waals surface area (Å²) < 4.78 is 80.9. The number of nitriles is 1. The number of pyridine rings is 2. The maximum Gasteiger partial charge on any atom is 0.200 e. The van der Waals surface area contributed by atoms with E-state index in [0.717, 1.165) is 60.7 Å². The molecule has 0 aliphatic carbocycles. The molecule has 0 fully saturated rings. The molecule has 0 aliphatic rings. The minimum Gasteiger partial charge on any atom is -0.307 e. The van der Waals surface area contributed by atoms with Crippen LogP contribution in [0.25, 0.3) is 111 Å². The lowest BCUT2D eigenvalue weighted by Gasteiger charge is -2.20. The molecule has 10 heteroatoms. The van der Waals surface area contributed by atoms with Gasteiger partial charge in [-0.15, -0.1) is 0 Å². The average Bonchev–Trinajstić information content (AvgIpc) is 3.92. The summed E-state index contributed by atoms with van der Waals surface area (Å²) in [4.78, 5) is 10.1. The Bertz CT molecular complexity index is 4070. The molecule has 0 bridgehead atoms. The van der Waals surface area contributed by atoms with Crippen LogP contribution in [-0.2, 0) is 0 Å². The van der Waals surface area contributed by atoms with E-state index in [1.165, 1.54) is 12.1 Å². The van der Waals surface area contributed by atoms with Crippen LogP contribution in [0.2, 0.25) is 0 Å². The Morgan fingerprint density at radius 3 is 1.20 bits per heavy atom. The van der Waals surface area contributed by atoms with Gasteiger partial charge in [-0.05, 0) is 60.7 Å². The quantitative estimate of drug-likeness (QED) is 0.0909. The minimum atomic E-state index is -2.30. The highest BCUT2D eigenvalue weighted by Gasteiger charge is 2.30. The number of fused-ring (bicyclic) bond motifs is 6. The summed E-state index contributed by atoms with van der Waals surface area (Å²) in [5, 5.41) is 14.2. The molecule has 0 N–H and O–H groups in total. The van der Waals surface area contributed by atoms with Crippen LogP contribution in [0.15, 0.2) is 194 Å². The van der Waals surface area contributed by atoms with E-state index in [4.69, 9.17) is 9.97 Å². The number of para-hydroxylation sites is 2. The van der Waals surface area contributed by atoms with Gasteiger partial charge in [0.15, 0.2) is 23.3 Å². The van der Waals surface area contributed by atoms with Crippen molar-refractivity contribution in [2.75, 3.05) is 0 Å². The summed E-state index contributed by atoms with van der Waals surface area (Å²) in [6.45, 7) is 0. The predicted molar refractivity (Wildman–Crippen MR) is 262 cm³/mol. The first-order chi connectivity index (χ1) is 33.8. The number of hydrogen-bond acceptors (Lipinski definition) is 3. The molecule has 0 unspecified atom stereocenters. The van der Waals surface area contributed by atoms with Crippen LogP contribution < -0.4 is 0 Å². The van der Waals surface area contributed by atoms with Crippen molar-refractivity contribution in [1.29, 1.82) is 5.26 Å². The molecule has 0 spiro atoms. The highest BCUT2D eigenvalue weighted by molar-refractivity contribution is 6.13. The number of nitrogens with zero attached hydrogens (tertiary/aromatic N) is 5. The molecule has 4 heterocycles. The third kappa shape index (κ3) is 6.66. The van der Waals surface area contributed by atoms with Crippen molar-refractivity contribution >= 4 is 43.6 Å². The molecule has 0 saturated carbocycles. The van der Waals surface area contributed by atoms with Crippen LogP contribution in [0.1, 0.15) is 5.56 Å². The lowest BCUT2D eigenvalue weighted by molar-refractivity contribution is 0.381. The summed E-state index contributed by atoms with van der Waals surface area (Å²) >= 11 is 0. The van der Waals surface area contributed by atoms with E-state index in [0.29, 0.717) is 39.3 Å². The van der Waals surface area contributed by atoms with E-state index in [1.807, 2.05) is 197 Å². The number of benzene rings is 8. The molecule has 0 atom stereocenters. The minimum absolute atomic E-state index is 0.291. The normalized spacial score (nSPS) is 11.5. The Morgan fingerprint density at radius 2 is 0.739 bits per heavy atom. The van der Waals surface area contributed by atoms with Gasteiger partial charge in [0, 0.05) is 49.4 Å². The zero-order chi connectivity index (χ0) is 46.9. The maximum absolute atomic E-state index is 16.1. The largest absolute Gasteiger partial charge is 0.307 e. The Labute approximate surface area is 390 Å². The highest BCUT2D eigenvalue weighted by atomic mass is 19.2. The van der Waals surface area contributed by atoms with Gasteiger partial charge in [0.2, 0.25) is 5.82 Å². The topological polar surface area (TPSA) is 59.4 Å². The zero-order valence-electron chi connectivity index (χ0n) is 36.1. The standard InChI is InChI=1S/C59H32F5N5/c60-55-54(56(61)58(63)59(64)57(55)62)43-32-53(69-49-24-10-8-18-40(49)42-28-26-37(30-51(42)69)47-22-12-20-45(67-47)35-15-5-2-6-16-35)52(31-38(43)33-65)68-48-23-9-7-17-39(48)41-27-25-36(29-50(41)68)46-21-11-19-44(66-46)34-13-3-1-4-14-34/h1-32H. The molecule has 12 rings (SSSR count). The van der Waals surface area contributed by atoms with Crippen LogP contribution in [0.3, 0.4) is 0 Å². The van der Waals surface area contributed by atoms with Crippen LogP contribution in [0.4, 0.5) is 22.0 Å².